The minimum absolute atomic E-state index is 0.155. The van der Waals surface area contributed by atoms with Crippen molar-refractivity contribution in [2.75, 3.05) is 19.0 Å². The number of carbonyl (C=O) groups is 1. The topological polar surface area (TPSA) is 64.3 Å². The maximum absolute atomic E-state index is 12.2. The van der Waals surface area contributed by atoms with E-state index in [0.29, 0.717) is 22.9 Å². The van der Waals surface area contributed by atoms with Crippen LogP contribution in [0.1, 0.15) is 20.1 Å². The Hall–Kier alpha value is -2.29. The molecule has 21 heavy (non-hydrogen) atoms. The number of hydrogen-bond donors (Lipinski definition) is 2. The SMILES string of the molecule is COc1cccc(NC(=O)c2cc(C)c(C#CCN)s2)c1. The zero-order valence-electron chi connectivity index (χ0n) is 11.9. The van der Waals surface area contributed by atoms with Crippen molar-refractivity contribution in [1.82, 2.24) is 0 Å². The molecule has 0 saturated heterocycles. The first-order valence-corrected chi connectivity index (χ1v) is 7.20. The second-order valence-corrected chi connectivity index (χ2v) is 5.37. The highest BCUT2D eigenvalue weighted by atomic mass is 32.1. The fourth-order valence-corrected chi connectivity index (χ4v) is 2.69. The van der Waals surface area contributed by atoms with Crippen molar-refractivity contribution in [3.63, 3.8) is 0 Å². The quantitative estimate of drug-likeness (QED) is 0.856. The van der Waals surface area contributed by atoms with Crippen LogP contribution in [0.15, 0.2) is 30.3 Å². The molecule has 2 rings (SSSR count). The number of thiophene rings is 1. The van der Waals surface area contributed by atoms with Gasteiger partial charge in [-0.15, -0.1) is 11.3 Å². The number of anilines is 1. The molecule has 2 aromatic rings. The van der Waals surface area contributed by atoms with Crippen molar-refractivity contribution >= 4 is 22.9 Å². The third-order valence-electron chi connectivity index (χ3n) is 2.77. The Morgan fingerprint density at radius 1 is 1.43 bits per heavy atom. The highest BCUT2D eigenvalue weighted by Crippen LogP contribution is 2.23. The highest BCUT2D eigenvalue weighted by molar-refractivity contribution is 7.14. The van der Waals surface area contributed by atoms with E-state index in [4.69, 9.17) is 10.5 Å². The maximum atomic E-state index is 12.2. The number of carbonyl (C=O) groups excluding carboxylic acids is 1. The number of nitrogens with one attached hydrogen (secondary N) is 1. The van der Waals surface area contributed by atoms with E-state index in [1.165, 1.54) is 11.3 Å². The summed E-state index contributed by atoms with van der Waals surface area (Å²) in [6.07, 6.45) is 0. The summed E-state index contributed by atoms with van der Waals surface area (Å²) < 4.78 is 5.13. The molecule has 3 N–H and O–H groups in total. The number of ether oxygens (including phenoxy) is 1. The van der Waals surface area contributed by atoms with Crippen molar-refractivity contribution < 1.29 is 9.53 Å². The Kier molecular flexibility index (Phi) is 4.99. The number of rotatable bonds is 3. The van der Waals surface area contributed by atoms with Gasteiger partial charge in [0.1, 0.15) is 5.75 Å². The van der Waals surface area contributed by atoms with Crippen molar-refractivity contribution in [3.8, 4) is 17.6 Å². The molecule has 0 saturated carbocycles. The lowest BCUT2D eigenvalue weighted by Gasteiger charge is -2.05. The molecule has 0 aliphatic rings. The normalized spacial score (nSPS) is 9.67. The predicted molar refractivity (Wildman–Crippen MR) is 85.9 cm³/mol. The summed E-state index contributed by atoms with van der Waals surface area (Å²) >= 11 is 1.36. The average Bonchev–Trinajstić information content (AvgIpc) is 2.86. The Labute approximate surface area is 127 Å². The van der Waals surface area contributed by atoms with Crippen LogP contribution in [0.2, 0.25) is 0 Å². The maximum Gasteiger partial charge on any atom is 0.265 e. The molecule has 1 aromatic heterocycles. The second-order valence-electron chi connectivity index (χ2n) is 4.31. The molecule has 0 aliphatic carbocycles. The number of hydrogen-bond acceptors (Lipinski definition) is 4. The van der Waals surface area contributed by atoms with Crippen LogP contribution in [-0.4, -0.2) is 19.6 Å². The third-order valence-corrected chi connectivity index (χ3v) is 3.92. The van der Waals surface area contributed by atoms with Gasteiger partial charge in [-0.1, -0.05) is 17.9 Å². The molecule has 0 unspecified atom stereocenters. The average molecular weight is 300 g/mol. The standard InChI is InChI=1S/C16H16N2O2S/c1-11-9-15(21-14(11)7-4-8-17)16(19)18-12-5-3-6-13(10-12)20-2/h3,5-6,9-10H,8,17H2,1-2H3,(H,18,19). The van der Waals surface area contributed by atoms with Crippen LogP contribution < -0.4 is 15.8 Å². The highest BCUT2D eigenvalue weighted by Gasteiger charge is 2.12. The summed E-state index contributed by atoms with van der Waals surface area (Å²) in [5.74, 6) is 6.32. The van der Waals surface area contributed by atoms with E-state index in [1.807, 2.05) is 31.2 Å². The zero-order valence-corrected chi connectivity index (χ0v) is 12.7. The summed E-state index contributed by atoms with van der Waals surface area (Å²) in [6.45, 7) is 2.24. The lowest BCUT2D eigenvalue weighted by atomic mass is 10.2. The number of nitrogens with two attached hydrogens (primary N) is 1. The van der Waals surface area contributed by atoms with Crippen molar-refractivity contribution in [2.24, 2.45) is 5.73 Å². The molecule has 0 atom stereocenters. The second kappa shape index (κ2) is 6.93. The van der Waals surface area contributed by atoms with Crippen molar-refractivity contribution in [1.29, 1.82) is 0 Å². The zero-order chi connectivity index (χ0) is 15.2. The molecule has 1 amide bonds. The predicted octanol–water partition coefficient (Wildman–Crippen LogP) is 2.63. The van der Waals surface area contributed by atoms with Gasteiger partial charge < -0.3 is 15.8 Å². The first-order valence-electron chi connectivity index (χ1n) is 6.39. The van der Waals surface area contributed by atoms with Gasteiger partial charge in [-0.3, -0.25) is 4.79 Å². The summed E-state index contributed by atoms with van der Waals surface area (Å²) in [7, 11) is 1.59. The molecule has 4 nitrogen and oxygen atoms in total. The first kappa shape index (κ1) is 15.1. The lowest BCUT2D eigenvalue weighted by molar-refractivity contribution is 0.103. The van der Waals surface area contributed by atoms with Crippen LogP contribution in [0.4, 0.5) is 5.69 Å². The molecule has 0 bridgehead atoms. The minimum Gasteiger partial charge on any atom is -0.497 e. The minimum atomic E-state index is -0.155. The molecular weight excluding hydrogens is 284 g/mol. The molecule has 5 heteroatoms. The Bertz CT molecular complexity index is 711. The number of benzene rings is 1. The summed E-state index contributed by atoms with van der Waals surface area (Å²) in [5, 5.41) is 2.85. The van der Waals surface area contributed by atoms with E-state index in [9.17, 15) is 4.79 Å². The molecule has 1 aromatic carbocycles. The summed E-state index contributed by atoms with van der Waals surface area (Å²) in [4.78, 5) is 13.7. The smallest absolute Gasteiger partial charge is 0.265 e. The molecule has 0 spiro atoms. The van der Waals surface area contributed by atoms with Crippen molar-refractivity contribution in [2.45, 2.75) is 6.92 Å². The van der Waals surface area contributed by atoms with E-state index in [-0.39, 0.29) is 5.91 Å². The number of methoxy groups -OCH3 is 1. The molecule has 1 heterocycles. The molecule has 0 fully saturated rings. The van der Waals surface area contributed by atoms with Crippen molar-refractivity contribution in [3.05, 3.63) is 45.6 Å². The van der Waals surface area contributed by atoms with Gasteiger partial charge in [-0.2, -0.15) is 0 Å². The number of aryl methyl sites for hydroxylation is 1. The summed E-state index contributed by atoms with van der Waals surface area (Å²) in [5.41, 5.74) is 7.04. The summed E-state index contributed by atoms with van der Waals surface area (Å²) in [6, 6.07) is 9.07. The monoisotopic (exact) mass is 300 g/mol. The van der Waals surface area contributed by atoms with Crippen LogP contribution in [0.3, 0.4) is 0 Å². The van der Waals surface area contributed by atoms with Gasteiger partial charge in [0.25, 0.3) is 5.91 Å². The first-order chi connectivity index (χ1) is 10.1. The van der Waals surface area contributed by atoms with Gasteiger partial charge in [0, 0.05) is 11.8 Å². The Morgan fingerprint density at radius 2 is 2.24 bits per heavy atom. The molecular formula is C16H16N2O2S. The lowest BCUT2D eigenvalue weighted by Crippen LogP contribution is -2.10. The molecule has 0 aliphatic heterocycles. The number of amides is 1. The Balaban J connectivity index is 2.16. The van der Waals surface area contributed by atoms with Crippen LogP contribution in [-0.2, 0) is 0 Å². The van der Waals surface area contributed by atoms with E-state index >= 15 is 0 Å². The van der Waals surface area contributed by atoms with Gasteiger partial charge in [0.15, 0.2) is 0 Å². The fraction of sp³-hybridized carbons (Fsp3) is 0.188. The van der Waals surface area contributed by atoms with Crippen LogP contribution in [0, 0.1) is 18.8 Å². The van der Waals surface area contributed by atoms with E-state index in [0.717, 1.165) is 10.4 Å². The van der Waals surface area contributed by atoms with Gasteiger partial charge in [-0.05, 0) is 30.7 Å². The van der Waals surface area contributed by atoms with Crippen LogP contribution >= 0.6 is 11.3 Å². The Morgan fingerprint density at radius 3 is 2.95 bits per heavy atom. The largest absolute Gasteiger partial charge is 0.497 e. The van der Waals surface area contributed by atoms with Gasteiger partial charge in [0.05, 0.1) is 23.4 Å². The van der Waals surface area contributed by atoms with E-state index < -0.39 is 0 Å². The molecule has 0 radical (unpaired) electrons. The van der Waals surface area contributed by atoms with Crippen LogP contribution in [0.25, 0.3) is 0 Å². The fourth-order valence-electron chi connectivity index (χ4n) is 1.74. The van der Waals surface area contributed by atoms with E-state index in [1.54, 1.807) is 13.2 Å². The van der Waals surface area contributed by atoms with Gasteiger partial charge in [-0.25, -0.2) is 0 Å². The van der Waals surface area contributed by atoms with Crippen LogP contribution in [0.5, 0.6) is 5.75 Å². The van der Waals surface area contributed by atoms with Gasteiger partial charge >= 0.3 is 0 Å². The third kappa shape index (κ3) is 3.85. The van der Waals surface area contributed by atoms with E-state index in [2.05, 4.69) is 17.2 Å². The molecule has 108 valence electrons. The van der Waals surface area contributed by atoms with Gasteiger partial charge in [0.2, 0.25) is 0 Å².